The summed E-state index contributed by atoms with van der Waals surface area (Å²) in [4.78, 5) is 0. The zero-order chi connectivity index (χ0) is 12.4. The van der Waals surface area contributed by atoms with Gasteiger partial charge in [-0.1, -0.05) is 12.1 Å². The van der Waals surface area contributed by atoms with Crippen molar-refractivity contribution in [1.82, 2.24) is 9.78 Å². The van der Waals surface area contributed by atoms with Gasteiger partial charge in [-0.3, -0.25) is 0 Å². The Morgan fingerprint density at radius 1 is 1.29 bits per heavy atom. The molecule has 0 aliphatic rings. The minimum atomic E-state index is 0.120. The van der Waals surface area contributed by atoms with Crippen molar-refractivity contribution < 1.29 is 4.74 Å². The third-order valence-corrected chi connectivity index (χ3v) is 2.85. The number of hydrogen-bond acceptors (Lipinski definition) is 3. The molecule has 1 atom stereocenters. The van der Waals surface area contributed by atoms with Crippen molar-refractivity contribution in [2.45, 2.75) is 19.9 Å². The molecule has 2 N–H and O–H groups in total. The van der Waals surface area contributed by atoms with Crippen LogP contribution < -0.4 is 10.5 Å². The molecule has 17 heavy (non-hydrogen) atoms. The molecule has 0 unspecified atom stereocenters. The molecule has 0 aliphatic heterocycles. The van der Waals surface area contributed by atoms with Crippen LogP contribution in [0.1, 0.15) is 24.2 Å². The van der Waals surface area contributed by atoms with Gasteiger partial charge in [0.1, 0.15) is 11.6 Å². The SMILES string of the molecule is COc1ccc([C@H](C)n2nc(C)cc2N)cc1. The maximum atomic E-state index is 5.91. The van der Waals surface area contributed by atoms with Gasteiger partial charge in [0.2, 0.25) is 0 Å². The summed E-state index contributed by atoms with van der Waals surface area (Å²) in [5.74, 6) is 1.54. The van der Waals surface area contributed by atoms with Crippen LogP contribution in [0.15, 0.2) is 30.3 Å². The number of anilines is 1. The Morgan fingerprint density at radius 3 is 2.41 bits per heavy atom. The molecule has 0 saturated heterocycles. The Kier molecular flexibility index (Phi) is 3.04. The normalized spacial score (nSPS) is 12.4. The Balaban J connectivity index is 2.30. The maximum Gasteiger partial charge on any atom is 0.122 e. The fraction of sp³-hybridized carbons (Fsp3) is 0.308. The number of ether oxygens (including phenoxy) is 1. The molecule has 0 fully saturated rings. The molecule has 0 aliphatic carbocycles. The molecule has 0 saturated carbocycles. The molecule has 1 aromatic carbocycles. The van der Waals surface area contributed by atoms with Crippen molar-refractivity contribution in [2.24, 2.45) is 0 Å². The summed E-state index contributed by atoms with van der Waals surface area (Å²) >= 11 is 0. The second-order valence-electron chi connectivity index (χ2n) is 4.10. The van der Waals surface area contributed by atoms with Gasteiger partial charge in [-0.25, -0.2) is 4.68 Å². The summed E-state index contributed by atoms with van der Waals surface area (Å²) in [5, 5.41) is 4.39. The first kappa shape index (κ1) is 11.5. The smallest absolute Gasteiger partial charge is 0.122 e. The lowest BCUT2D eigenvalue weighted by atomic mass is 10.1. The summed E-state index contributed by atoms with van der Waals surface area (Å²) in [6.07, 6.45) is 0. The van der Waals surface area contributed by atoms with Gasteiger partial charge in [-0.15, -0.1) is 0 Å². The molecule has 0 bridgehead atoms. The number of aryl methyl sites for hydroxylation is 1. The highest BCUT2D eigenvalue weighted by molar-refractivity contribution is 5.35. The first-order valence-electron chi connectivity index (χ1n) is 5.57. The van der Waals surface area contributed by atoms with Crippen LogP contribution >= 0.6 is 0 Å². The van der Waals surface area contributed by atoms with Gasteiger partial charge in [0.25, 0.3) is 0 Å². The topological polar surface area (TPSA) is 53.1 Å². The van der Waals surface area contributed by atoms with Crippen molar-refractivity contribution in [1.29, 1.82) is 0 Å². The van der Waals surface area contributed by atoms with Crippen LogP contribution in [0.25, 0.3) is 0 Å². The molecule has 0 spiro atoms. The van der Waals surface area contributed by atoms with Gasteiger partial charge < -0.3 is 10.5 Å². The van der Waals surface area contributed by atoms with E-state index >= 15 is 0 Å². The third kappa shape index (κ3) is 2.25. The molecule has 2 rings (SSSR count). The first-order chi connectivity index (χ1) is 8.11. The quantitative estimate of drug-likeness (QED) is 0.882. The molecule has 4 heteroatoms. The second kappa shape index (κ2) is 4.49. The van der Waals surface area contributed by atoms with E-state index in [1.54, 1.807) is 7.11 Å². The molecule has 0 radical (unpaired) electrons. The number of rotatable bonds is 3. The van der Waals surface area contributed by atoms with Crippen LogP contribution in [0.2, 0.25) is 0 Å². The third-order valence-electron chi connectivity index (χ3n) is 2.85. The van der Waals surface area contributed by atoms with E-state index in [2.05, 4.69) is 12.0 Å². The number of aromatic nitrogens is 2. The van der Waals surface area contributed by atoms with Gasteiger partial charge >= 0.3 is 0 Å². The van der Waals surface area contributed by atoms with Crippen molar-refractivity contribution in [3.05, 3.63) is 41.6 Å². The lowest BCUT2D eigenvalue weighted by Gasteiger charge is -2.14. The number of nitrogens with two attached hydrogens (primary N) is 1. The van der Waals surface area contributed by atoms with Gasteiger partial charge in [0.05, 0.1) is 18.8 Å². The lowest BCUT2D eigenvalue weighted by molar-refractivity contribution is 0.414. The fourth-order valence-corrected chi connectivity index (χ4v) is 1.87. The summed E-state index contributed by atoms with van der Waals surface area (Å²) in [5.41, 5.74) is 8.00. The summed E-state index contributed by atoms with van der Waals surface area (Å²) in [6.45, 7) is 4.01. The average Bonchev–Trinajstić information content (AvgIpc) is 2.68. The highest BCUT2D eigenvalue weighted by atomic mass is 16.5. The van der Waals surface area contributed by atoms with Crippen LogP contribution in [0.5, 0.6) is 5.75 Å². The zero-order valence-corrected chi connectivity index (χ0v) is 10.3. The van der Waals surface area contributed by atoms with Crippen LogP contribution in [-0.2, 0) is 0 Å². The van der Waals surface area contributed by atoms with E-state index in [4.69, 9.17) is 10.5 Å². The van der Waals surface area contributed by atoms with Crippen LogP contribution in [0, 0.1) is 6.92 Å². The molecule has 90 valence electrons. The van der Waals surface area contributed by atoms with Gasteiger partial charge in [0.15, 0.2) is 0 Å². The van der Waals surface area contributed by atoms with Crippen LogP contribution in [-0.4, -0.2) is 16.9 Å². The molecule has 0 amide bonds. The zero-order valence-electron chi connectivity index (χ0n) is 10.3. The Hall–Kier alpha value is -1.97. The first-order valence-corrected chi connectivity index (χ1v) is 5.57. The highest BCUT2D eigenvalue weighted by Crippen LogP contribution is 2.23. The predicted molar refractivity (Wildman–Crippen MR) is 68.2 cm³/mol. The monoisotopic (exact) mass is 231 g/mol. The fourth-order valence-electron chi connectivity index (χ4n) is 1.87. The Labute approximate surface area is 101 Å². The van der Waals surface area contributed by atoms with Gasteiger partial charge in [0, 0.05) is 6.07 Å². The maximum absolute atomic E-state index is 5.91. The molecular weight excluding hydrogens is 214 g/mol. The molecule has 1 heterocycles. The van der Waals surface area contributed by atoms with Gasteiger partial charge in [-0.2, -0.15) is 5.10 Å². The number of hydrogen-bond donors (Lipinski definition) is 1. The minimum Gasteiger partial charge on any atom is -0.497 e. The van der Waals surface area contributed by atoms with Crippen molar-refractivity contribution in [2.75, 3.05) is 12.8 Å². The summed E-state index contributed by atoms with van der Waals surface area (Å²) in [6, 6.07) is 9.94. The minimum absolute atomic E-state index is 0.120. The molecule has 4 nitrogen and oxygen atoms in total. The Morgan fingerprint density at radius 2 is 1.94 bits per heavy atom. The van der Waals surface area contributed by atoms with E-state index in [1.165, 1.54) is 0 Å². The predicted octanol–water partition coefficient (Wildman–Crippen LogP) is 2.39. The number of nitrogens with zero attached hydrogens (tertiary/aromatic N) is 2. The van der Waals surface area contributed by atoms with Crippen LogP contribution in [0.3, 0.4) is 0 Å². The standard InChI is InChI=1S/C13H17N3O/c1-9-8-13(14)16(15-9)10(2)11-4-6-12(17-3)7-5-11/h4-8,10H,14H2,1-3H3/t10-/m0/s1. The van der Waals surface area contributed by atoms with E-state index in [-0.39, 0.29) is 6.04 Å². The van der Waals surface area contributed by atoms with Crippen molar-refractivity contribution in [3.8, 4) is 5.75 Å². The van der Waals surface area contributed by atoms with E-state index in [1.807, 2.05) is 41.9 Å². The van der Waals surface area contributed by atoms with E-state index in [9.17, 15) is 0 Å². The largest absolute Gasteiger partial charge is 0.497 e. The lowest BCUT2D eigenvalue weighted by Crippen LogP contribution is -2.11. The van der Waals surface area contributed by atoms with E-state index in [0.29, 0.717) is 5.82 Å². The number of nitrogen functional groups attached to an aromatic ring is 1. The number of methoxy groups -OCH3 is 1. The molecule has 1 aromatic heterocycles. The van der Waals surface area contributed by atoms with Crippen molar-refractivity contribution in [3.63, 3.8) is 0 Å². The Bertz CT molecular complexity index is 502. The van der Waals surface area contributed by atoms with E-state index in [0.717, 1.165) is 17.0 Å². The van der Waals surface area contributed by atoms with Crippen LogP contribution in [0.4, 0.5) is 5.82 Å². The summed E-state index contributed by atoms with van der Waals surface area (Å²) < 4.78 is 6.97. The van der Waals surface area contributed by atoms with Gasteiger partial charge in [-0.05, 0) is 31.5 Å². The second-order valence-corrected chi connectivity index (χ2v) is 4.10. The van der Waals surface area contributed by atoms with Crippen molar-refractivity contribution >= 4 is 5.82 Å². The number of benzene rings is 1. The summed E-state index contributed by atoms with van der Waals surface area (Å²) in [7, 11) is 1.66. The molecular formula is C13H17N3O. The average molecular weight is 231 g/mol. The molecule has 2 aromatic rings. The highest BCUT2D eigenvalue weighted by Gasteiger charge is 2.12. The van der Waals surface area contributed by atoms with E-state index < -0.39 is 0 Å².